The van der Waals surface area contributed by atoms with Gasteiger partial charge in [0.25, 0.3) is 0 Å². The Morgan fingerprint density at radius 2 is 2.24 bits per heavy atom. The van der Waals surface area contributed by atoms with Gasteiger partial charge in [0.05, 0.1) is 19.2 Å². The van der Waals surface area contributed by atoms with Crippen LogP contribution in [0.15, 0.2) is 30.3 Å². The molecule has 2 unspecified atom stereocenters. The number of nitrogens with one attached hydrogen (secondary N) is 1. The number of amides is 1. The maximum atomic E-state index is 11.8. The normalized spacial score (nSPS) is 20.2. The van der Waals surface area contributed by atoms with Crippen LogP contribution in [0.25, 0.3) is 0 Å². The molecule has 1 saturated heterocycles. The van der Waals surface area contributed by atoms with Crippen LogP contribution in [0, 0.1) is 5.92 Å². The Balaban J connectivity index is 1.58. The van der Waals surface area contributed by atoms with Crippen molar-refractivity contribution in [2.45, 2.75) is 19.4 Å². The summed E-state index contributed by atoms with van der Waals surface area (Å²) in [6, 6.07) is 9.55. The van der Waals surface area contributed by atoms with Crippen LogP contribution >= 0.6 is 0 Å². The zero-order valence-electron chi connectivity index (χ0n) is 12.5. The van der Waals surface area contributed by atoms with Gasteiger partial charge in [0, 0.05) is 6.54 Å². The Bertz CT molecular complexity index is 436. The lowest BCUT2D eigenvalue weighted by molar-refractivity contribution is -0.122. The number of para-hydroxylation sites is 1. The maximum Gasteiger partial charge on any atom is 0.234 e. The summed E-state index contributed by atoms with van der Waals surface area (Å²) < 4.78 is 5.51. The van der Waals surface area contributed by atoms with Crippen LogP contribution < -0.4 is 10.1 Å². The number of nitrogens with zero attached hydrogens (tertiary/aromatic N) is 1. The smallest absolute Gasteiger partial charge is 0.234 e. The van der Waals surface area contributed by atoms with Crippen molar-refractivity contribution in [3.8, 4) is 5.75 Å². The van der Waals surface area contributed by atoms with E-state index in [0.717, 1.165) is 25.3 Å². The first-order chi connectivity index (χ1) is 10.1. The molecule has 0 radical (unpaired) electrons. The number of hydrogen-bond donors (Lipinski definition) is 2. The minimum absolute atomic E-state index is 0.0119. The second-order valence-electron chi connectivity index (χ2n) is 5.54. The van der Waals surface area contributed by atoms with Crippen molar-refractivity contribution in [2.75, 3.05) is 32.8 Å². The molecule has 21 heavy (non-hydrogen) atoms. The number of aliphatic hydroxyl groups excluding tert-OH is 1. The Morgan fingerprint density at radius 1 is 1.48 bits per heavy atom. The van der Waals surface area contributed by atoms with Gasteiger partial charge in [0.15, 0.2) is 0 Å². The van der Waals surface area contributed by atoms with E-state index < -0.39 is 0 Å². The molecule has 116 valence electrons. The minimum Gasteiger partial charge on any atom is -0.492 e. The van der Waals surface area contributed by atoms with Crippen molar-refractivity contribution in [1.82, 2.24) is 10.2 Å². The van der Waals surface area contributed by atoms with E-state index in [1.54, 1.807) is 0 Å². The summed E-state index contributed by atoms with van der Waals surface area (Å²) in [5.74, 6) is 1.11. The summed E-state index contributed by atoms with van der Waals surface area (Å²) in [6.07, 6.45) is 0.666. The summed E-state index contributed by atoms with van der Waals surface area (Å²) in [5.41, 5.74) is 0. The van der Waals surface area contributed by atoms with Crippen LogP contribution in [0.1, 0.15) is 13.3 Å². The first kappa shape index (κ1) is 15.8. The molecule has 1 fully saturated rings. The van der Waals surface area contributed by atoms with Crippen molar-refractivity contribution in [1.29, 1.82) is 0 Å². The number of aliphatic hydroxyl groups is 1. The highest BCUT2D eigenvalue weighted by atomic mass is 16.5. The van der Waals surface area contributed by atoms with Crippen LogP contribution in [-0.4, -0.2) is 54.8 Å². The van der Waals surface area contributed by atoms with Gasteiger partial charge in [-0.1, -0.05) is 18.2 Å². The third-order valence-electron chi connectivity index (χ3n) is 3.79. The molecule has 0 bridgehead atoms. The Kier molecular flexibility index (Phi) is 6.02. The first-order valence-electron chi connectivity index (χ1n) is 7.50. The quantitative estimate of drug-likeness (QED) is 0.733. The fourth-order valence-electron chi connectivity index (χ4n) is 2.54. The Morgan fingerprint density at radius 3 is 2.90 bits per heavy atom. The lowest BCUT2D eigenvalue weighted by Crippen LogP contribution is -2.38. The van der Waals surface area contributed by atoms with Gasteiger partial charge in [-0.05, 0) is 37.9 Å². The number of benzene rings is 1. The van der Waals surface area contributed by atoms with Gasteiger partial charge >= 0.3 is 0 Å². The summed E-state index contributed by atoms with van der Waals surface area (Å²) >= 11 is 0. The van der Waals surface area contributed by atoms with Crippen molar-refractivity contribution in [3.05, 3.63) is 30.3 Å². The van der Waals surface area contributed by atoms with Gasteiger partial charge in [0.1, 0.15) is 12.4 Å². The molecule has 1 aromatic rings. The van der Waals surface area contributed by atoms with E-state index in [-0.39, 0.29) is 12.0 Å². The highest BCUT2D eigenvalue weighted by Crippen LogP contribution is 2.18. The standard InChI is InChI=1S/C16H24N2O3/c1-13(19)14-7-9-18(11-14)12-16(20)17-8-10-21-15-5-3-2-4-6-15/h2-6,13-14,19H,7-12H2,1H3,(H,17,20). The molecule has 1 heterocycles. The van der Waals surface area contributed by atoms with Crippen LogP contribution in [0.2, 0.25) is 0 Å². The maximum absolute atomic E-state index is 11.8. The Labute approximate surface area is 125 Å². The van der Waals surface area contributed by atoms with Crippen LogP contribution in [0.5, 0.6) is 5.75 Å². The zero-order valence-corrected chi connectivity index (χ0v) is 12.5. The van der Waals surface area contributed by atoms with Crippen molar-refractivity contribution in [2.24, 2.45) is 5.92 Å². The van der Waals surface area contributed by atoms with Crippen molar-refractivity contribution < 1.29 is 14.6 Å². The van der Waals surface area contributed by atoms with Gasteiger partial charge in [0.2, 0.25) is 5.91 Å². The fraction of sp³-hybridized carbons (Fsp3) is 0.562. The molecular weight excluding hydrogens is 268 g/mol. The molecule has 5 nitrogen and oxygen atoms in total. The topological polar surface area (TPSA) is 61.8 Å². The van der Waals surface area contributed by atoms with Gasteiger partial charge in [-0.2, -0.15) is 0 Å². The molecule has 1 aromatic carbocycles. The summed E-state index contributed by atoms with van der Waals surface area (Å²) in [6.45, 7) is 4.85. The number of hydrogen-bond acceptors (Lipinski definition) is 4. The molecule has 1 aliphatic heterocycles. The molecule has 2 atom stereocenters. The van der Waals surface area contributed by atoms with E-state index in [9.17, 15) is 9.90 Å². The number of likely N-dealkylation sites (tertiary alicyclic amines) is 1. The summed E-state index contributed by atoms with van der Waals surface area (Å²) in [7, 11) is 0. The molecule has 1 aliphatic rings. The molecule has 2 rings (SSSR count). The average molecular weight is 292 g/mol. The molecular formula is C16H24N2O3. The van der Waals surface area contributed by atoms with Crippen LogP contribution in [-0.2, 0) is 4.79 Å². The molecule has 5 heteroatoms. The van der Waals surface area contributed by atoms with Gasteiger partial charge in [-0.25, -0.2) is 0 Å². The molecule has 0 spiro atoms. The van der Waals surface area contributed by atoms with Crippen molar-refractivity contribution in [3.63, 3.8) is 0 Å². The van der Waals surface area contributed by atoms with E-state index in [0.29, 0.717) is 25.6 Å². The SMILES string of the molecule is CC(O)C1CCN(CC(=O)NCCOc2ccccc2)C1. The molecule has 1 amide bonds. The molecule has 2 N–H and O–H groups in total. The first-order valence-corrected chi connectivity index (χ1v) is 7.50. The number of ether oxygens (including phenoxy) is 1. The van der Waals surface area contributed by atoms with Gasteiger partial charge in [-0.3, -0.25) is 9.69 Å². The molecule has 0 aromatic heterocycles. The predicted octanol–water partition coefficient (Wildman–Crippen LogP) is 0.884. The van der Waals surface area contributed by atoms with E-state index in [4.69, 9.17) is 4.74 Å². The zero-order chi connectivity index (χ0) is 15.1. The highest BCUT2D eigenvalue weighted by Gasteiger charge is 2.26. The van der Waals surface area contributed by atoms with Gasteiger partial charge in [-0.15, -0.1) is 0 Å². The van der Waals surface area contributed by atoms with Crippen molar-refractivity contribution >= 4 is 5.91 Å². The van der Waals surface area contributed by atoms with E-state index in [2.05, 4.69) is 10.2 Å². The van der Waals surface area contributed by atoms with Crippen LogP contribution in [0.4, 0.5) is 0 Å². The second kappa shape index (κ2) is 8.00. The minimum atomic E-state index is -0.294. The molecule has 0 saturated carbocycles. The largest absolute Gasteiger partial charge is 0.492 e. The Hall–Kier alpha value is -1.59. The summed E-state index contributed by atoms with van der Waals surface area (Å²) in [5, 5.41) is 12.4. The monoisotopic (exact) mass is 292 g/mol. The van der Waals surface area contributed by atoms with Crippen LogP contribution in [0.3, 0.4) is 0 Å². The number of carbonyl (C=O) groups excluding carboxylic acids is 1. The summed E-state index contributed by atoms with van der Waals surface area (Å²) in [4.78, 5) is 13.9. The predicted molar refractivity (Wildman–Crippen MR) is 81.2 cm³/mol. The number of rotatable bonds is 7. The van der Waals surface area contributed by atoms with Gasteiger partial charge < -0.3 is 15.2 Å². The van der Waals surface area contributed by atoms with E-state index >= 15 is 0 Å². The third-order valence-corrected chi connectivity index (χ3v) is 3.79. The second-order valence-corrected chi connectivity index (χ2v) is 5.54. The highest BCUT2D eigenvalue weighted by molar-refractivity contribution is 5.78. The lowest BCUT2D eigenvalue weighted by atomic mass is 10.0. The lowest BCUT2D eigenvalue weighted by Gasteiger charge is -2.17. The third kappa shape index (κ3) is 5.36. The fourth-order valence-corrected chi connectivity index (χ4v) is 2.54. The average Bonchev–Trinajstić information content (AvgIpc) is 2.93. The van der Waals surface area contributed by atoms with E-state index in [1.807, 2.05) is 37.3 Å². The van der Waals surface area contributed by atoms with E-state index in [1.165, 1.54) is 0 Å². The molecule has 0 aliphatic carbocycles. The number of carbonyl (C=O) groups is 1.